The molecule has 1 unspecified atom stereocenters. The van der Waals surface area contributed by atoms with Crippen molar-refractivity contribution in [3.8, 4) is 23.0 Å². The van der Waals surface area contributed by atoms with Crippen molar-refractivity contribution >= 4 is 11.8 Å². The summed E-state index contributed by atoms with van der Waals surface area (Å²) in [6, 6.07) is 3.70. The molecule has 36 heavy (non-hydrogen) atoms. The Hall–Kier alpha value is -3.21. The molecule has 2 heterocycles. The molecular weight excluding hydrogens is 474 g/mol. The van der Waals surface area contributed by atoms with Crippen molar-refractivity contribution < 1.29 is 32.3 Å². The molecule has 5 rings (SSSR count). The van der Waals surface area contributed by atoms with Gasteiger partial charge in [0.25, 0.3) is 5.91 Å². The normalized spacial score (nSPS) is 20.5. The van der Waals surface area contributed by atoms with Crippen molar-refractivity contribution in [2.45, 2.75) is 57.7 Å². The first kappa shape index (κ1) is 24.5. The molecule has 1 aliphatic heterocycles. The summed E-state index contributed by atoms with van der Waals surface area (Å²) in [7, 11) is 0. The molecule has 1 aromatic heterocycles. The number of halogens is 2. The van der Waals surface area contributed by atoms with Crippen LogP contribution in [0, 0.1) is 11.8 Å². The highest BCUT2D eigenvalue weighted by Gasteiger charge is 2.36. The van der Waals surface area contributed by atoms with E-state index in [2.05, 4.69) is 15.0 Å². The first-order chi connectivity index (χ1) is 17.3. The lowest BCUT2D eigenvalue weighted by molar-refractivity contribution is -0.122. The van der Waals surface area contributed by atoms with Crippen LogP contribution in [0.5, 0.6) is 11.5 Å². The summed E-state index contributed by atoms with van der Waals surface area (Å²) in [5.41, 5.74) is 6.63. The van der Waals surface area contributed by atoms with Crippen LogP contribution in [0.25, 0.3) is 11.5 Å². The molecular formula is C25H30F2N4O5. The standard InChI is InChI=1S/C25H30F2N4O5/c1-13(28)21-20(24(33)31-9-8-17(11-31)29-22(32)15-4-5-15)30-23(36-21)16-6-7-18(35-25(26)27)19(10-16)34-12-14-2-3-14/h6-7,10,13-15,17,25H,2-5,8-9,11-12,28H2,1H3,(H,29,32)/t13-,17?/m0/s1. The molecule has 2 saturated carbocycles. The zero-order valence-electron chi connectivity index (χ0n) is 20.0. The number of carbonyl (C=O) groups excluding carboxylic acids is 2. The van der Waals surface area contributed by atoms with Crippen molar-refractivity contribution in [1.82, 2.24) is 15.2 Å². The summed E-state index contributed by atoms with van der Waals surface area (Å²) < 4.78 is 42.0. The summed E-state index contributed by atoms with van der Waals surface area (Å²) >= 11 is 0. The van der Waals surface area contributed by atoms with Gasteiger partial charge in [-0.25, -0.2) is 4.98 Å². The lowest BCUT2D eigenvalue weighted by Crippen LogP contribution is -2.39. The zero-order chi connectivity index (χ0) is 25.4. The van der Waals surface area contributed by atoms with Crippen LogP contribution in [0.2, 0.25) is 0 Å². The number of hydrogen-bond donors (Lipinski definition) is 2. The van der Waals surface area contributed by atoms with Crippen molar-refractivity contribution in [3.63, 3.8) is 0 Å². The lowest BCUT2D eigenvalue weighted by atomic mass is 10.2. The molecule has 3 N–H and O–H groups in total. The van der Waals surface area contributed by atoms with Gasteiger partial charge >= 0.3 is 6.61 Å². The summed E-state index contributed by atoms with van der Waals surface area (Å²) in [6.45, 7) is -0.0392. The van der Waals surface area contributed by atoms with Gasteiger partial charge in [-0.3, -0.25) is 9.59 Å². The highest BCUT2D eigenvalue weighted by Crippen LogP contribution is 2.37. The number of ether oxygens (including phenoxy) is 2. The summed E-state index contributed by atoms with van der Waals surface area (Å²) in [5, 5.41) is 3.01. The van der Waals surface area contributed by atoms with Gasteiger partial charge in [-0.05, 0) is 63.1 Å². The van der Waals surface area contributed by atoms with Gasteiger partial charge in [-0.1, -0.05) is 0 Å². The maximum Gasteiger partial charge on any atom is 0.387 e. The van der Waals surface area contributed by atoms with Gasteiger partial charge in [-0.15, -0.1) is 0 Å². The van der Waals surface area contributed by atoms with Crippen molar-refractivity contribution in [1.29, 1.82) is 0 Å². The Kier molecular flexibility index (Phi) is 6.83. The fourth-order valence-corrected chi connectivity index (χ4v) is 4.23. The average Bonchev–Trinajstić information content (AvgIpc) is 3.76. The van der Waals surface area contributed by atoms with Gasteiger partial charge < -0.3 is 29.8 Å². The maximum atomic E-state index is 13.3. The SMILES string of the molecule is C[C@H](N)c1oc(-c2ccc(OC(F)F)c(OCC3CC3)c2)nc1C(=O)N1CCC(NC(=O)C2CC2)C1. The lowest BCUT2D eigenvalue weighted by Gasteiger charge is -2.17. The topological polar surface area (TPSA) is 120 Å². The second-order valence-corrected chi connectivity index (χ2v) is 9.83. The van der Waals surface area contributed by atoms with Crippen molar-refractivity contribution in [3.05, 3.63) is 29.7 Å². The number of rotatable bonds is 10. The van der Waals surface area contributed by atoms with E-state index in [0.717, 1.165) is 25.7 Å². The van der Waals surface area contributed by atoms with Crippen molar-refractivity contribution in [2.75, 3.05) is 19.7 Å². The molecule has 2 aromatic rings. The number of nitrogens with one attached hydrogen (secondary N) is 1. The number of aromatic nitrogens is 1. The van der Waals surface area contributed by atoms with Gasteiger partial charge in [0.05, 0.1) is 12.6 Å². The van der Waals surface area contributed by atoms with E-state index in [1.165, 1.54) is 18.2 Å². The summed E-state index contributed by atoms with van der Waals surface area (Å²) in [6.07, 6.45) is 4.58. The molecule has 3 fully saturated rings. The molecule has 9 nitrogen and oxygen atoms in total. The molecule has 2 amide bonds. The number of oxazole rings is 1. The molecule has 2 atom stereocenters. The zero-order valence-corrected chi connectivity index (χ0v) is 20.0. The summed E-state index contributed by atoms with van der Waals surface area (Å²) in [5.74, 6) is 0.659. The Balaban J connectivity index is 1.35. The van der Waals surface area contributed by atoms with E-state index in [1.54, 1.807) is 11.8 Å². The predicted octanol–water partition coefficient (Wildman–Crippen LogP) is 3.49. The number of nitrogens with two attached hydrogens (primary N) is 1. The monoisotopic (exact) mass is 504 g/mol. The highest BCUT2D eigenvalue weighted by atomic mass is 19.3. The van der Waals surface area contributed by atoms with Crippen LogP contribution in [0.15, 0.2) is 22.6 Å². The predicted molar refractivity (Wildman–Crippen MR) is 125 cm³/mol. The van der Waals surface area contributed by atoms with E-state index < -0.39 is 12.7 Å². The number of benzene rings is 1. The minimum atomic E-state index is -2.99. The van der Waals surface area contributed by atoms with Crippen LogP contribution >= 0.6 is 0 Å². The number of alkyl halides is 2. The quantitative estimate of drug-likeness (QED) is 0.508. The fraction of sp³-hybridized carbons (Fsp3) is 0.560. The van der Waals surface area contributed by atoms with Gasteiger partial charge in [0.15, 0.2) is 23.0 Å². The first-order valence-electron chi connectivity index (χ1n) is 12.4. The van der Waals surface area contributed by atoms with E-state index in [9.17, 15) is 18.4 Å². The maximum absolute atomic E-state index is 13.3. The first-order valence-corrected chi connectivity index (χ1v) is 12.4. The Morgan fingerprint density at radius 1 is 1.22 bits per heavy atom. The highest BCUT2D eigenvalue weighted by molar-refractivity contribution is 5.94. The average molecular weight is 505 g/mol. The van der Waals surface area contributed by atoms with Crippen LogP contribution in [-0.2, 0) is 4.79 Å². The van der Waals surface area contributed by atoms with Crippen molar-refractivity contribution in [2.24, 2.45) is 17.6 Å². The molecule has 11 heteroatoms. The molecule has 0 radical (unpaired) electrons. The van der Waals surface area contributed by atoms with E-state index in [0.29, 0.717) is 37.6 Å². The minimum Gasteiger partial charge on any atom is -0.489 e. The molecule has 0 spiro atoms. The molecule has 1 aromatic carbocycles. The Morgan fingerprint density at radius 2 is 2.00 bits per heavy atom. The van der Waals surface area contributed by atoms with E-state index in [4.69, 9.17) is 14.9 Å². The minimum absolute atomic E-state index is 0.0493. The largest absolute Gasteiger partial charge is 0.489 e. The third-order valence-electron chi connectivity index (χ3n) is 6.62. The van der Waals surface area contributed by atoms with Gasteiger partial charge in [0.2, 0.25) is 11.8 Å². The van der Waals surface area contributed by atoms with Crippen LogP contribution in [-0.4, -0.2) is 54.0 Å². The molecule has 0 bridgehead atoms. The molecule has 1 saturated heterocycles. The number of nitrogens with zero attached hydrogens (tertiary/aromatic N) is 2. The number of likely N-dealkylation sites (tertiary alicyclic amines) is 1. The fourth-order valence-electron chi connectivity index (χ4n) is 4.23. The molecule has 3 aliphatic rings. The third-order valence-corrected chi connectivity index (χ3v) is 6.62. The smallest absolute Gasteiger partial charge is 0.387 e. The van der Waals surface area contributed by atoms with Crippen LogP contribution in [0.3, 0.4) is 0 Å². The Labute approximate surface area is 207 Å². The van der Waals surface area contributed by atoms with Gasteiger partial charge in [-0.2, -0.15) is 8.78 Å². The van der Waals surface area contributed by atoms with Crippen LogP contribution < -0.4 is 20.5 Å². The van der Waals surface area contributed by atoms with E-state index >= 15 is 0 Å². The third kappa shape index (κ3) is 5.61. The Morgan fingerprint density at radius 3 is 2.67 bits per heavy atom. The van der Waals surface area contributed by atoms with Gasteiger partial charge in [0, 0.05) is 30.6 Å². The number of hydrogen-bond acceptors (Lipinski definition) is 7. The second kappa shape index (κ2) is 10.0. The number of carbonyl (C=O) groups is 2. The Bertz CT molecular complexity index is 1130. The number of amides is 2. The molecule has 194 valence electrons. The van der Waals surface area contributed by atoms with E-state index in [1.807, 2.05) is 0 Å². The summed E-state index contributed by atoms with van der Waals surface area (Å²) in [4.78, 5) is 31.5. The van der Waals surface area contributed by atoms with E-state index in [-0.39, 0.29) is 52.6 Å². The van der Waals surface area contributed by atoms with Crippen LogP contribution in [0.1, 0.15) is 61.3 Å². The van der Waals surface area contributed by atoms with Crippen LogP contribution in [0.4, 0.5) is 8.78 Å². The molecule has 2 aliphatic carbocycles. The van der Waals surface area contributed by atoms with Gasteiger partial charge in [0.1, 0.15) is 0 Å². The second-order valence-electron chi connectivity index (χ2n) is 9.83.